The molecule has 11 heteroatoms. The van der Waals surface area contributed by atoms with E-state index in [0.717, 1.165) is 17.7 Å². The second-order valence-electron chi connectivity index (χ2n) is 11.3. The Morgan fingerprint density at radius 2 is 1.64 bits per heavy atom. The number of likely N-dealkylation sites (N-methyl/N-ethyl adjacent to an activating group) is 1. The van der Waals surface area contributed by atoms with Gasteiger partial charge in [-0.1, -0.05) is 66.7 Å². The maximum Gasteiger partial charge on any atom is 0.471 e. The van der Waals surface area contributed by atoms with Crippen molar-refractivity contribution in [2.75, 3.05) is 25.5 Å². The van der Waals surface area contributed by atoms with Gasteiger partial charge in [0.15, 0.2) is 6.29 Å². The molecule has 2 aliphatic heterocycles. The molecule has 0 aliphatic carbocycles. The molecule has 3 aromatic rings. The number of rotatable bonds is 9. The molecule has 5 rings (SSSR count). The Hall–Kier alpha value is -3.77. The van der Waals surface area contributed by atoms with Gasteiger partial charge in [-0.2, -0.15) is 13.2 Å². The number of amides is 2. The van der Waals surface area contributed by atoms with E-state index in [2.05, 4.69) is 22.3 Å². The van der Waals surface area contributed by atoms with Gasteiger partial charge in [0.25, 0.3) is 0 Å². The molecule has 3 aromatic carbocycles. The molecule has 0 unspecified atom stereocenters. The molecule has 0 aromatic heterocycles. The van der Waals surface area contributed by atoms with Crippen molar-refractivity contribution < 1.29 is 37.3 Å². The van der Waals surface area contributed by atoms with Crippen molar-refractivity contribution in [2.24, 2.45) is 0 Å². The van der Waals surface area contributed by atoms with Gasteiger partial charge >= 0.3 is 12.1 Å². The number of likely N-dealkylation sites (tertiary alicyclic amines) is 1. The quantitative estimate of drug-likeness (QED) is 0.339. The van der Waals surface area contributed by atoms with E-state index >= 15 is 0 Å². The first-order valence-corrected chi connectivity index (χ1v) is 14.6. The fourth-order valence-electron chi connectivity index (χ4n) is 5.73. The first kappa shape index (κ1) is 31.6. The molecule has 0 saturated carbocycles. The van der Waals surface area contributed by atoms with Crippen LogP contribution in [0.25, 0.3) is 0 Å². The summed E-state index contributed by atoms with van der Waals surface area (Å²) in [4.78, 5) is 27.4. The minimum absolute atomic E-state index is 0.0508. The normalized spacial score (nSPS) is 22.3. The van der Waals surface area contributed by atoms with Crippen LogP contribution in [0.15, 0.2) is 78.9 Å². The average Bonchev–Trinajstić information content (AvgIpc) is 3.51. The molecular weight excluding hydrogens is 575 g/mol. The van der Waals surface area contributed by atoms with E-state index in [1.165, 1.54) is 5.56 Å². The second kappa shape index (κ2) is 13.9. The SMILES string of the molecule is CN(Cc1ccccc1)C[C@@H]1C[C@H](c2ccc(CO)cc2)O[C@H](c2ccc(NC(=O)[C@@H]3CCCN3C(=O)C(F)(F)F)cc2)O1. The lowest BCUT2D eigenvalue weighted by Crippen LogP contribution is -2.48. The number of aliphatic hydroxyl groups is 1. The number of ether oxygens (including phenoxy) is 2. The van der Waals surface area contributed by atoms with Crippen LogP contribution >= 0.6 is 0 Å². The zero-order valence-electron chi connectivity index (χ0n) is 24.4. The fourth-order valence-corrected chi connectivity index (χ4v) is 5.73. The maximum atomic E-state index is 13.0. The van der Waals surface area contributed by atoms with Crippen LogP contribution in [-0.4, -0.2) is 65.2 Å². The Balaban J connectivity index is 1.28. The molecule has 2 saturated heterocycles. The summed E-state index contributed by atoms with van der Waals surface area (Å²) in [5.41, 5.74) is 4.06. The molecule has 2 amide bonds. The summed E-state index contributed by atoms with van der Waals surface area (Å²) in [6.45, 7) is 1.24. The first-order chi connectivity index (χ1) is 21.1. The number of carbonyl (C=O) groups excluding carboxylic acids is 2. The molecular formula is C33H36F3N3O5. The number of hydrogen-bond donors (Lipinski definition) is 2. The highest BCUT2D eigenvalue weighted by Crippen LogP contribution is 2.38. The van der Waals surface area contributed by atoms with Crippen molar-refractivity contribution in [1.29, 1.82) is 0 Å². The molecule has 0 spiro atoms. The number of hydrogen-bond acceptors (Lipinski definition) is 6. The number of carbonyl (C=O) groups is 2. The number of nitrogens with one attached hydrogen (secondary N) is 1. The number of benzene rings is 3. The predicted octanol–water partition coefficient (Wildman–Crippen LogP) is 5.35. The van der Waals surface area contributed by atoms with Crippen molar-refractivity contribution in [3.05, 3.63) is 101 Å². The van der Waals surface area contributed by atoms with Crippen LogP contribution in [-0.2, 0) is 32.2 Å². The molecule has 0 radical (unpaired) electrons. The average molecular weight is 612 g/mol. The van der Waals surface area contributed by atoms with Crippen LogP contribution in [0.2, 0.25) is 0 Å². The van der Waals surface area contributed by atoms with E-state index in [9.17, 15) is 27.9 Å². The van der Waals surface area contributed by atoms with Gasteiger partial charge in [0.1, 0.15) is 6.04 Å². The Morgan fingerprint density at radius 1 is 0.955 bits per heavy atom. The summed E-state index contributed by atoms with van der Waals surface area (Å²) in [5.74, 6) is -2.66. The maximum absolute atomic E-state index is 13.0. The summed E-state index contributed by atoms with van der Waals surface area (Å²) in [6.07, 6.45) is -5.06. The largest absolute Gasteiger partial charge is 0.471 e. The fraction of sp³-hybridized carbons (Fsp3) is 0.394. The van der Waals surface area contributed by atoms with Gasteiger partial charge < -0.3 is 24.8 Å². The first-order valence-electron chi connectivity index (χ1n) is 14.6. The molecule has 44 heavy (non-hydrogen) atoms. The van der Waals surface area contributed by atoms with Crippen LogP contribution < -0.4 is 5.32 Å². The van der Waals surface area contributed by atoms with Gasteiger partial charge in [-0.15, -0.1) is 0 Å². The van der Waals surface area contributed by atoms with Crippen molar-refractivity contribution >= 4 is 17.5 Å². The Kier molecular flexibility index (Phi) is 10.00. The Morgan fingerprint density at radius 3 is 2.30 bits per heavy atom. The van der Waals surface area contributed by atoms with Crippen LogP contribution in [0.4, 0.5) is 18.9 Å². The zero-order chi connectivity index (χ0) is 31.3. The zero-order valence-corrected chi connectivity index (χ0v) is 24.4. The van der Waals surface area contributed by atoms with Gasteiger partial charge in [-0.25, -0.2) is 0 Å². The predicted molar refractivity (Wildman–Crippen MR) is 157 cm³/mol. The third-order valence-corrected chi connectivity index (χ3v) is 7.93. The summed E-state index contributed by atoms with van der Waals surface area (Å²) >= 11 is 0. The van der Waals surface area contributed by atoms with E-state index in [1.807, 2.05) is 49.5 Å². The number of alkyl halides is 3. The van der Waals surface area contributed by atoms with Gasteiger partial charge in [-0.05, 0) is 48.7 Å². The van der Waals surface area contributed by atoms with E-state index in [0.29, 0.717) is 35.5 Å². The monoisotopic (exact) mass is 611 g/mol. The summed E-state index contributed by atoms with van der Waals surface area (Å²) < 4.78 is 51.8. The van der Waals surface area contributed by atoms with Gasteiger partial charge in [0, 0.05) is 37.3 Å². The van der Waals surface area contributed by atoms with Crippen molar-refractivity contribution in [1.82, 2.24) is 9.80 Å². The van der Waals surface area contributed by atoms with Crippen LogP contribution in [0.1, 0.15) is 53.9 Å². The van der Waals surface area contributed by atoms with Crippen molar-refractivity contribution in [3.63, 3.8) is 0 Å². The van der Waals surface area contributed by atoms with Gasteiger partial charge in [0.05, 0.1) is 18.8 Å². The van der Waals surface area contributed by atoms with E-state index in [1.54, 1.807) is 24.3 Å². The topological polar surface area (TPSA) is 91.3 Å². The lowest BCUT2D eigenvalue weighted by atomic mass is 9.99. The van der Waals surface area contributed by atoms with E-state index < -0.39 is 30.3 Å². The summed E-state index contributed by atoms with van der Waals surface area (Å²) in [6, 6.07) is 23.4. The lowest BCUT2D eigenvalue weighted by Gasteiger charge is -2.38. The van der Waals surface area contributed by atoms with Crippen LogP contribution in [0, 0.1) is 0 Å². The number of anilines is 1. The highest BCUT2D eigenvalue weighted by Gasteiger charge is 2.47. The smallest absolute Gasteiger partial charge is 0.392 e. The van der Waals surface area contributed by atoms with E-state index in [-0.39, 0.29) is 31.8 Å². The Bertz CT molecular complexity index is 1400. The third-order valence-electron chi connectivity index (χ3n) is 7.93. The molecule has 2 fully saturated rings. The Labute approximate surface area is 254 Å². The molecule has 0 bridgehead atoms. The molecule has 2 aliphatic rings. The number of aliphatic hydroxyl groups excluding tert-OH is 1. The number of halogens is 3. The highest BCUT2D eigenvalue weighted by atomic mass is 19.4. The standard InChI is InChI=1S/C33H36F3N3O5/c1-38(19-22-6-3-2-4-7-22)20-27-18-29(24-11-9-23(21-40)10-12-24)44-31(43-27)25-13-15-26(16-14-25)37-30(41)28-8-5-17-39(28)32(42)33(34,35)36/h2-4,6-7,9-16,27-29,31,40H,5,8,17-21H2,1H3,(H,37,41)/t27-,28-,29+,31+/m0/s1. The third kappa shape index (κ3) is 7.84. The number of nitrogens with zero attached hydrogens (tertiary/aromatic N) is 2. The molecule has 234 valence electrons. The van der Waals surface area contributed by atoms with Gasteiger partial charge in [0.2, 0.25) is 5.91 Å². The highest BCUT2D eigenvalue weighted by molar-refractivity contribution is 5.98. The molecule has 8 nitrogen and oxygen atoms in total. The minimum Gasteiger partial charge on any atom is -0.392 e. The van der Waals surface area contributed by atoms with Crippen LogP contribution in [0.3, 0.4) is 0 Å². The second-order valence-corrected chi connectivity index (χ2v) is 11.3. The van der Waals surface area contributed by atoms with Crippen molar-refractivity contribution in [3.8, 4) is 0 Å². The molecule has 4 atom stereocenters. The summed E-state index contributed by atoms with van der Waals surface area (Å²) in [5, 5.41) is 12.1. The molecule has 2 heterocycles. The summed E-state index contributed by atoms with van der Waals surface area (Å²) in [7, 11) is 2.04. The van der Waals surface area contributed by atoms with Gasteiger partial charge in [-0.3, -0.25) is 14.5 Å². The lowest BCUT2D eigenvalue weighted by molar-refractivity contribution is -0.252. The molecule has 2 N–H and O–H groups in total. The minimum atomic E-state index is -5.03. The van der Waals surface area contributed by atoms with Crippen LogP contribution in [0.5, 0.6) is 0 Å². The van der Waals surface area contributed by atoms with E-state index in [4.69, 9.17) is 9.47 Å². The van der Waals surface area contributed by atoms with Crippen molar-refractivity contribution in [2.45, 2.75) is 63.1 Å².